The van der Waals surface area contributed by atoms with Crippen LogP contribution < -0.4 is 18.9 Å². The van der Waals surface area contributed by atoms with Gasteiger partial charge in [-0.15, -0.1) is 0 Å². The van der Waals surface area contributed by atoms with Gasteiger partial charge in [-0.2, -0.15) is 0 Å². The van der Waals surface area contributed by atoms with E-state index in [1.807, 2.05) is 30.3 Å². The highest BCUT2D eigenvalue weighted by Gasteiger charge is 2.21. The number of pyridine rings is 1. The fraction of sp³-hybridized carbons (Fsp3) is 0.348. The first kappa shape index (κ1) is 19.0. The number of fused-ring (bicyclic) bond motifs is 2. The Hall–Kier alpha value is -3.03. The van der Waals surface area contributed by atoms with Gasteiger partial charge in [0.05, 0.1) is 38.6 Å². The number of benzene rings is 2. The van der Waals surface area contributed by atoms with E-state index in [0.717, 1.165) is 72.1 Å². The normalized spacial score (nSPS) is 16.1. The van der Waals surface area contributed by atoms with Gasteiger partial charge in [0.2, 0.25) is 6.79 Å². The Morgan fingerprint density at radius 1 is 1.00 bits per heavy atom. The number of nitrogens with zero attached hydrogens (tertiary/aromatic N) is 2. The molecule has 0 radical (unpaired) electrons. The molecule has 156 valence electrons. The van der Waals surface area contributed by atoms with Crippen LogP contribution in [0.15, 0.2) is 36.4 Å². The van der Waals surface area contributed by atoms with Gasteiger partial charge < -0.3 is 23.7 Å². The van der Waals surface area contributed by atoms with Crippen molar-refractivity contribution in [1.82, 2.24) is 9.88 Å². The molecule has 0 amide bonds. The lowest BCUT2D eigenvalue weighted by Gasteiger charge is -2.27. The fourth-order valence-corrected chi connectivity index (χ4v) is 4.04. The summed E-state index contributed by atoms with van der Waals surface area (Å²) in [6, 6.07) is 12.0. The average Bonchev–Trinajstić information content (AvgIpc) is 3.24. The monoisotopic (exact) mass is 408 g/mol. The molecule has 2 aromatic carbocycles. The number of ether oxygens (including phenoxy) is 5. The number of hydrogen-bond acceptors (Lipinski definition) is 7. The minimum Gasteiger partial charge on any atom is -0.493 e. The molecule has 7 nitrogen and oxygen atoms in total. The molecular formula is C23H24N2O5. The Balaban J connectivity index is 1.68. The van der Waals surface area contributed by atoms with E-state index in [0.29, 0.717) is 11.5 Å². The van der Waals surface area contributed by atoms with Crippen LogP contribution in [0.1, 0.15) is 5.56 Å². The van der Waals surface area contributed by atoms with E-state index in [-0.39, 0.29) is 6.79 Å². The molecule has 1 saturated heterocycles. The summed E-state index contributed by atoms with van der Waals surface area (Å²) in [6.45, 7) is 4.30. The van der Waals surface area contributed by atoms with Gasteiger partial charge in [0.1, 0.15) is 0 Å². The van der Waals surface area contributed by atoms with E-state index < -0.39 is 0 Å². The van der Waals surface area contributed by atoms with Crippen LogP contribution >= 0.6 is 0 Å². The first-order valence-corrected chi connectivity index (χ1v) is 10.0. The summed E-state index contributed by atoms with van der Waals surface area (Å²) in [5.74, 6) is 2.84. The Morgan fingerprint density at radius 2 is 1.80 bits per heavy atom. The topological polar surface area (TPSA) is 62.3 Å². The van der Waals surface area contributed by atoms with Gasteiger partial charge >= 0.3 is 0 Å². The van der Waals surface area contributed by atoms with Crippen LogP contribution in [0, 0.1) is 0 Å². The van der Waals surface area contributed by atoms with Crippen LogP contribution in [-0.4, -0.2) is 57.2 Å². The maximum atomic E-state index is 5.71. The van der Waals surface area contributed by atoms with Crippen LogP contribution in [0.3, 0.4) is 0 Å². The molecule has 30 heavy (non-hydrogen) atoms. The van der Waals surface area contributed by atoms with Gasteiger partial charge in [-0.25, -0.2) is 4.98 Å². The van der Waals surface area contributed by atoms with E-state index in [2.05, 4.69) is 11.0 Å². The predicted octanol–water partition coefficient (Wildman–Crippen LogP) is 3.48. The first-order valence-electron chi connectivity index (χ1n) is 10.0. The summed E-state index contributed by atoms with van der Waals surface area (Å²) in [5.41, 5.74) is 3.75. The number of methoxy groups -OCH3 is 2. The number of aromatic nitrogens is 1. The van der Waals surface area contributed by atoms with Crippen molar-refractivity contribution in [2.75, 3.05) is 47.3 Å². The lowest BCUT2D eigenvalue weighted by atomic mass is 10.0. The SMILES string of the molecule is COc1cccc(-c2nc3cc4c(cc3cc2CN2CCOCC2)OCO4)c1OC. The molecule has 0 unspecified atom stereocenters. The third-order valence-electron chi connectivity index (χ3n) is 5.54. The molecule has 0 N–H and O–H groups in total. The van der Waals surface area contributed by atoms with Crippen molar-refractivity contribution in [3.63, 3.8) is 0 Å². The van der Waals surface area contributed by atoms with Crippen molar-refractivity contribution in [2.24, 2.45) is 0 Å². The molecule has 1 aromatic heterocycles. The maximum absolute atomic E-state index is 5.71. The molecule has 3 heterocycles. The largest absolute Gasteiger partial charge is 0.493 e. The summed E-state index contributed by atoms with van der Waals surface area (Å²) in [4.78, 5) is 7.43. The summed E-state index contributed by atoms with van der Waals surface area (Å²) >= 11 is 0. The van der Waals surface area contributed by atoms with Crippen LogP contribution in [-0.2, 0) is 11.3 Å². The van der Waals surface area contributed by atoms with E-state index >= 15 is 0 Å². The highest BCUT2D eigenvalue weighted by atomic mass is 16.7. The zero-order valence-corrected chi connectivity index (χ0v) is 17.1. The smallest absolute Gasteiger partial charge is 0.231 e. The van der Waals surface area contributed by atoms with E-state index in [4.69, 9.17) is 28.7 Å². The quantitative estimate of drug-likeness (QED) is 0.640. The zero-order chi connectivity index (χ0) is 20.5. The Bertz CT molecular complexity index is 1080. The second-order valence-corrected chi connectivity index (χ2v) is 7.32. The van der Waals surface area contributed by atoms with Crippen LogP contribution in [0.2, 0.25) is 0 Å². The van der Waals surface area contributed by atoms with Gasteiger partial charge in [-0.1, -0.05) is 6.07 Å². The number of morpholine rings is 1. The first-order chi connectivity index (χ1) is 14.8. The second-order valence-electron chi connectivity index (χ2n) is 7.32. The Labute approximate surface area is 175 Å². The third kappa shape index (κ3) is 3.40. The van der Waals surface area contributed by atoms with Gasteiger partial charge in [0.25, 0.3) is 0 Å². The second kappa shape index (κ2) is 8.01. The van der Waals surface area contributed by atoms with Gasteiger partial charge in [0.15, 0.2) is 23.0 Å². The molecule has 3 aromatic rings. The van der Waals surface area contributed by atoms with Crippen molar-refractivity contribution in [2.45, 2.75) is 6.54 Å². The molecule has 0 aliphatic carbocycles. The van der Waals surface area contributed by atoms with Crippen LogP contribution in [0.4, 0.5) is 0 Å². The highest BCUT2D eigenvalue weighted by molar-refractivity contribution is 5.88. The van der Waals surface area contributed by atoms with Gasteiger partial charge in [0, 0.05) is 36.7 Å². The minimum atomic E-state index is 0.239. The van der Waals surface area contributed by atoms with E-state index in [1.165, 1.54) is 0 Å². The zero-order valence-electron chi connectivity index (χ0n) is 17.1. The molecule has 0 bridgehead atoms. The highest BCUT2D eigenvalue weighted by Crippen LogP contribution is 2.41. The summed E-state index contributed by atoms with van der Waals surface area (Å²) in [5, 5.41) is 1.02. The molecule has 0 saturated carbocycles. The van der Waals surface area contributed by atoms with Crippen molar-refractivity contribution < 1.29 is 23.7 Å². The average molecular weight is 408 g/mol. The third-order valence-corrected chi connectivity index (χ3v) is 5.54. The maximum Gasteiger partial charge on any atom is 0.231 e. The molecule has 0 atom stereocenters. The molecule has 0 spiro atoms. The number of para-hydroxylation sites is 1. The van der Waals surface area contributed by atoms with Crippen LogP contribution in [0.5, 0.6) is 23.0 Å². The summed E-state index contributed by atoms with van der Waals surface area (Å²) in [7, 11) is 3.30. The van der Waals surface area contributed by atoms with Gasteiger partial charge in [-0.3, -0.25) is 4.90 Å². The number of hydrogen-bond donors (Lipinski definition) is 0. The standard InChI is InChI=1S/C23H24N2O5/c1-26-19-5-3-4-17(23(19)27-2)22-16(13-25-6-8-28-9-7-25)10-15-11-20-21(30-14-29-20)12-18(15)24-22/h3-5,10-12H,6-9,13-14H2,1-2H3. The predicted molar refractivity (Wildman–Crippen MR) is 113 cm³/mol. The van der Waals surface area contributed by atoms with Crippen molar-refractivity contribution in [1.29, 1.82) is 0 Å². The van der Waals surface area contributed by atoms with E-state index in [9.17, 15) is 0 Å². The minimum absolute atomic E-state index is 0.239. The summed E-state index contributed by atoms with van der Waals surface area (Å²) in [6.07, 6.45) is 0. The number of rotatable bonds is 5. The lowest BCUT2D eigenvalue weighted by Crippen LogP contribution is -2.35. The fourth-order valence-electron chi connectivity index (χ4n) is 4.04. The molecule has 2 aliphatic rings. The van der Waals surface area contributed by atoms with Crippen molar-refractivity contribution >= 4 is 10.9 Å². The lowest BCUT2D eigenvalue weighted by molar-refractivity contribution is 0.0342. The van der Waals surface area contributed by atoms with Gasteiger partial charge in [-0.05, 0) is 29.8 Å². The molecule has 2 aliphatic heterocycles. The molecule has 7 heteroatoms. The van der Waals surface area contributed by atoms with E-state index in [1.54, 1.807) is 14.2 Å². The van der Waals surface area contributed by atoms with Crippen LogP contribution in [0.25, 0.3) is 22.2 Å². The molecular weight excluding hydrogens is 384 g/mol. The van der Waals surface area contributed by atoms with Crippen molar-refractivity contribution in [3.05, 3.63) is 42.0 Å². The Kier molecular flexibility index (Phi) is 5.06. The molecule has 1 fully saturated rings. The van der Waals surface area contributed by atoms with Crippen molar-refractivity contribution in [3.8, 4) is 34.3 Å². The molecule has 5 rings (SSSR count). The Morgan fingerprint density at radius 3 is 2.57 bits per heavy atom. The summed E-state index contributed by atoms with van der Waals surface area (Å²) < 4.78 is 27.9.